The molecule has 0 radical (unpaired) electrons. The van der Waals surface area contributed by atoms with Gasteiger partial charge in [0.1, 0.15) is 5.82 Å². The molecule has 0 bridgehead atoms. The lowest BCUT2D eigenvalue weighted by molar-refractivity contribution is 0.628. The van der Waals surface area contributed by atoms with Crippen molar-refractivity contribution in [2.24, 2.45) is 0 Å². The molecule has 1 saturated heterocycles. The predicted octanol–water partition coefficient (Wildman–Crippen LogP) is 2.74. The first-order valence-electron chi connectivity index (χ1n) is 6.98. The van der Waals surface area contributed by atoms with Crippen LogP contribution in [0.25, 0.3) is 11.3 Å². The molecular weight excluding hydrogens is 291 g/mol. The smallest absolute Gasteiger partial charge is 0.225 e. The number of aromatic nitrogens is 2. The van der Waals surface area contributed by atoms with Crippen LogP contribution >= 0.6 is 11.6 Å². The topological polar surface area (TPSA) is 41.1 Å². The quantitative estimate of drug-likeness (QED) is 0.926. The van der Waals surface area contributed by atoms with Crippen LogP contribution in [0.2, 0.25) is 5.02 Å². The molecule has 3 rings (SSSR count). The molecule has 1 aromatic heterocycles. The summed E-state index contributed by atoms with van der Waals surface area (Å²) < 4.78 is 13.1. The first kappa shape index (κ1) is 14.2. The number of nitrogens with zero attached hydrogens (tertiary/aromatic N) is 3. The molecule has 0 atom stereocenters. The van der Waals surface area contributed by atoms with Crippen molar-refractivity contribution in [3.63, 3.8) is 0 Å². The maximum absolute atomic E-state index is 13.1. The second-order valence-electron chi connectivity index (χ2n) is 4.96. The number of benzene rings is 1. The fourth-order valence-corrected chi connectivity index (χ4v) is 2.66. The molecule has 1 aromatic carbocycles. The third-order valence-corrected chi connectivity index (χ3v) is 3.79. The van der Waals surface area contributed by atoms with Crippen molar-refractivity contribution in [2.75, 3.05) is 31.1 Å². The summed E-state index contributed by atoms with van der Waals surface area (Å²) >= 11 is 6.10. The first-order chi connectivity index (χ1) is 10.2. The predicted molar refractivity (Wildman–Crippen MR) is 82.1 cm³/mol. The van der Waals surface area contributed by atoms with E-state index in [1.165, 1.54) is 12.1 Å². The number of halogens is 2. The molecule has 0 unspecified atom stereocenters. The number of anilines is 1. The van der Waals surface area contributed by atoms with E-state index in [1.807, 2.05) is 0 Å². The summed E-state index contributed by atoms with van der Waals surface area (Å²) in [7, 11) is 0. The largest absolute Gasteiger partial charge is 0.339 e. The molecule has 1 fully saturated rings. The fraction of sp³-hybridized carbons (Fsp3) is 0.333. The second kappa shape index (κ2) is 6.37. The highest BCUT2D eigenvalue weighted by Crippen LogP contribution is 2.27. The maximum Gasteiger partial charge on any atom is 0.225 e. The molecule has 1 aliphatic rings. The van der Waals surface area contributed by atoms with E-state index in [-0.39, 0.29) is 5.82 Å². The van der Waals surface area contributed by atoms with Crippen LogP contribution < -0.4 is 10.2 Å². The van der Waals surface area contributed by atoms with Crippen LogP contribution in [-0.2, 0) is 0 Å². The van der Waals surface area contributed by atoms with Crippen LogP contribution in [0.5, 0.6) is 0 Å². The second-order valence-corrected chi connectivity index (χ2v) is 5.36. The normalized spacial score (nSPS) is 15.8. The van der Waals surface area contributed by atoms with Gasteiger partial charge < -0.3 is 10.2 Å². The summed E-state index contributed by atoms with van der Waals surface area (Å²) in [5.41, 5.74) is 1.43. The summed E-state index contributed by atoms with van der Waals surface area (Å²) in [6.07, 6.45) is 2.78. The van der Waals surface area contributed by atoms with Crippen molar-refractivity contribution in [3.05, 3.63) is 41.3 Å². The number of nitrogens with one attached hydrogen (secondary N) is 1. The molecule has 0 spiro atoms. The van der Waals surface area contributed by atoms with E-state index >= 15 is 0 Å². The van der Waals surface area contributed by atoms with Gasteiger partial charge in [-0.3, -0.25) is 0 Å². The van der Waals surface area contributed by atoms with E-state index in [0.717, 1.165) is 38.2 Å². The zero-order valence-electron chi connectivity index (χ0n) is 11.5. The van der Waals surface area contributed by atoms with Crippen molar-refractivity contribution < 1.29 is 4.39 Å². The standard InChI is InChI=1S/C15H16ClFN4/c16-13-10-11(17)2-3-12(13)14-4-6-19-15(20-14)21-8-1-5-18-7-9-21/h2-4,6,10,18H,1,5,7-9H2. The Morgan fingerprint density at radius 2 is 2.10 bits per heavy atom. The van der Waals surface area contributed by atoms with Gasteiger partial charge in [-0.25, -0.2) is 14.4 Å². The van der Waals surface area contributed by atoms with Crippen LogP contribution in [-0.4, -0.2) is 36.1 Å². The Balaban J connectivity index is 1.92. The highest BCUT2D eigenvalue weighted by Gasteiger charge is 2.14. The lowest BCUT2D eigenvalue weighted by Crippen LogP contribution is -2.29. The molecular formula is C15H16ClFN4. The Hall–Kier alpha value is -1.72. The molecule has 0 saturated carbocycles. The number of rotatable bonds is 2. The van der Waals surface area contributed by atoms with Gasteiger partial charge in [-0.1, -0.05) is 11.6 Å². The minimum absolute atomic E-state index is 0.350. The Bertz CT molecular complexity index is 627. The van der Waals surface area contributed by atoms with Gasteiger partial charge in [0.15, 0.2) is 0 Å². The van der Waals surface area contributed by atoms with Gasteiger partial charge in [0.2, 0.25) is 5.95 Å². The highest BCUT2D eigenvalue weighted by molar-refractivity contribution is 6.33. The van der Waals surface area contributed by atoms with E-state index in [0.29, 0.717) is 16.7 Å². The minimum atomic E-state index is -0.350. The van der Waals surface area contributed by atoms with Crippen molar-refractivity contribution in [1.82, 2.24) is 15.3 Å². The molecule has 4 nitrogen and oxygen atoms in total. The third kappa shape index (κ3) is 3.31. The number of hydrogen-bond acceptors (Lipinski definition) is 4. The van der Waals surface area contributed by atoms with Gasteiger partial charge in [-0.05, 0) is 37.2 Å². The Labute approximate surface area is 128 Å². The summed E-state index contributed by atoms with van der Waals surface area (Å²) in [4.78, 5) is 11.1. The van der Waals surface area contributed by atoms with Crippen molar-refractivity contribution in [3.8, 4) is 11.3 Å². The molecule has 2 aromatic rings. The van der Waals surface area contributed by atoms with E-state index in [1.54, 1.807) is 18.3 Å². The van der Waals surface area contributed by atoms with Crippen LogP contribution in [0.4, 0.5) is 10.3 Å². The van der Waals surface area contributed by atoms with Crippen LogP contribution in [0, 0.1) is 5.82 Å². The van der Waals surface area contributed by atoms with E-state index in [2.05, 4.69) is 20.2 Å². The van der Waals surface area contributed by atoms with Gasteiger partial charge in [-0.2, -0.15) is 0 Å². The van der Waals surface area contributed by atoms with E-state index in [9.17, 15) is 4.39 Å². The zero-order chi connectivity index (χ0) is 14.7. The Morgan fingerprint density at radius 3 is 2.95 bits per heavy atom. The minimum Gasteiger partial charge on any atom is -0.339 e. The summed E-state index contributed by atoms with van der Waals surface area (Å²) in [5.74, 6) is 0.341. The average molecular weight is 307 g/mol. The van der Waals surface area contributed by atoms with Crippen molar-refractivity contribution in [2.45, 2.75) is 6.42 Å². The average Bonchev–Trinajstić information content (AvgIpc) is 2.76. The highest BCUT2D eigenvalue weighted by atomic mass is 35.5. The Kier molecular flexibility index (Phi) is 4.31. The molecule has 110 valence electrons. The van der Waals surface area contributed by atoms with Crippen molar-refractivity contribution in [1.29, 1.82) is 0 Å². The molecule has 6 heteroatoms. The van der Waals surface area contributed by atoms with Gasteiger partial charge in [-0.15, -0.1) is 0 Å². The van der Waals surface area contributed by atoms with Crippen molar-refractivity contribution >= 4 is 17.5 Å². The fourth-order valence-electron chi connectivity index (χ4n) is 2.39. The first-order valence-corrected chi connectivity index (χ1v) is 7.36. The lowest BCUT2D eigenvalue weighted by Gasteiger charge is -2.20. The summed E-state index contributed by atoms with van der Waals surface area (Å²) in [6.45, 7) is 3.74. The van der Waals surface area contributed by atoms with Gasteiger partial charge in [0.05, 0.1) is 10.7 Å². The molecule has 21 heavy (non-hydrogen) atoms. The SMILES string of the molecule is Fc1ccc(-c2ccnc(N3CCCNCC3)n2)c(Cl)c1. The number of hydrogen-bond donors (Lipinski definition) is 1. The monoisotopic (exact) mass is 306 g/mol. The van der Waals surface area contributed by atoms with Crippen LogP contribution in [0.15, 0.2) is 30.5 Å². The molecule has 1 aliphatic heterocycles. The lowest BCUT2D eigenvalue weighted by atomic mass is 10.1. The third-order valence-electron chi connectivity index (χ3n) is 3.47. The molecule has 2 heterocycles. The van der Waals surface area contributed by atoms with Gasteiger partial charge in [0, 0.05) is 31.4 Å². The van der Waals surface area contributed by atoms with E-state index < -0.39 is 0 Å². The maximum atomic E-state index is 13.1. The molecule has 0 aliphatic carbocycles. The molecule has 0 amide bonds. The summed E-state index contributed by atoms with van der Waals surface area (Å²) in [6, 6.07) is 6.12. The van der Waals surface area contributed by atoms with E-state index in [4.69, 9.17) is 11.6 Å². The zero-order valence-corrected chi connectivity index (χ0v) is 12.3. The summed E-state index contributed by atoms with van der Waals surface area (Å²) in [5, 5.41) is 3.71. The van der Waals surface area contributed by atoms with Gasteiger partial charge >= 0.3 is 0 Å². The van der Waals surface area contributed by atoms with Gasteiger partial charge in [0.25, 0.3) is 0 Å². The van der Waals surface area contributed by atoms with Crippen LogP contribution in [0.1, 0.15) is 6.42 Å². The van der Waals surface area contributed by atoms with Crippen LogP contribution in [0.3, 0.4) is 0 Å². The Morgan fingerprint density at radius 1 is 1.19 bits per heavy atom. The molecule has 1 N–H and O–H groups in total.